The topological polar surface area (TPSA) is 93.6 Å². The number of thioether (sulfide) groups is 1. The lowest BCUT2D eigenvalue weighted by Crippen LogP contribution is -2.55. The van der Waals surface area contributed by atoms with Crippen LogP contribution in [0, 0.1) is 11.8 Å². The van der Waals surface area contributed by atoms with E-state index in [4.69, 9.17) is 4.74 Å². The summed E-state index contributed by atoms with van der Waals surface area (Å²) < 4.78 is 4.89. The van der Waals surface area contributed by atoms with Gasteiger partial charge in [0.25, 0.3) is 5.91 Å². The van der Waals surface area contributed by atoms with Crippen LogP contribution in [0.4, 0.5) is 17.1 Å². The molecule has 3 saturated heterocycles. The number of likely N-dealkylation sites (tertiary alicyclic amines) is 1. The standard InChI is InChI=1S/C38H50N4O5S/c1-6-23-40(29-17-19-30(20-18-29)47-10-5)35(44)32-31-21-22-38(48-31)33(32)36(45)42(25-11-12-26-43)34(38)37(46)41(24-7-2)28-15-13-27(14-16-28)39(8-3)9-4/h6-7,13-20,31-34,43H,1-2,8-12,21-26H2,3-5H3/t31-,32+,33-,34?,38?/m0/s1. The molecule has 3 fully saturated rings. The van der Waals surface area contributed by atoms with Crippen LogP contribution >= 0.6 is 11.8 Å². The van der Waals surface area contributed by atoms with Gasteiger partial charge in [-0.15, -0.1) is 24.9 Å². The van der Waals surface area contributed by atoms with E-state index in [1.54, 1.807) is 38.6 Å². The molecule has 5 atom stereocenters. The Hall–Kier alpha value is -3.76. The second kappa shape index (κ2) is 15.6. The van der Waals surface area contributed by atoms with Gasteiger partial charge in [0.2, 0.25) is 11.8 Å². The number of ether oxygens (including phenoxy) is 1. The average molecular weight is 675 g/mol. The van der Waals surface area contributed by atoms with Crippen LogP contribution in [0.5, 0.6) is 5.75 Å². The number of rotatable bonds is 17. The Morgan fingerprint density at radius 1 is 0.938 bits per heavy atom. The van der Waals surface area contributed by atoms with Crippen LogP contribution in [-0.2, 0) is 14.4 Å². The van der Waals surface area contributed by atoms with Crippen molar-refractivity contribution in [2.24, 2.45) is 11.8 Å². The predicted molar refractivity (Wildman–Crippen MR) is 195 cm³/mol. The lowest BCUT2D eigenvalue weighted by atomic mass is 9.70. The molecule has 3 heterocycles. The van der Waals surface area contributed by atoms with Crippen molar-refractivity contribution in [2.75, 3.05) is 60.6 Å². The van der Waals surface area contributed by atoms with Crippen molar-refractivity contribution in [2.45, 2.75) is 62.5 Å². The molecule has 3 aliphatic heterocycles. The zero-order valence-electron chi connectivity index (χ0n) is 28.6. The highest BCUT2D eigenvalue weighted by atomic mass is 32.2. The summed E-state index contributed by atoms with van der Waals surface area (Å²) in [5.41, 5.74) is 2.54. The lowest BCUT2D eigenvalue weighted by molar-refractivity contribution is -0.139. The molecule has 10 heteroatoms. The fraction of sp³-hybridized carbons (Fsp3) is 0.500. The fourth-order valence-electron chi connectivity index (χ4n) is 7.90. The molecule has 9 nitrogen and oxygen atoms in total. The van der Waals surface area contributed by atoms with E-state index in [2.05, 4.69) is 31.9 Å². The minimum atomic E-state index is -0.734. The van der Waals surface area contributed by atoms with E-state index >= 15 is 0 Å². The van der Waals surface area contributed by atoms with Crippen molar-refractivity contribution in [3.8, 4) is 5.75 Å². The molecule has 258 valence electrons. The number of carbonyl (C=O) groups excluding carboxylic acids is 3. The molecule has 0 radical (unpaired) electrons. The molecule has 2 unspecified atom stereocenters. The highest BCUT2D eigenvalue weighted by molar-refractivity contribution is 8.02. The van der Waals surface area contributed by atoms with Gasteiger partial charge >= 0.3 is 0 Å². The van der Waals surface area contributed by atoms with Crippen molar-refractivity contribution < 1.29 is 24.2 Å². The van der Waals surface area contributed by atoms with Crippen LogP contribution < -0.4 is 19.4 Å². The molecule has 3 amide bonds. The Morgan fingerprint density at radius 2 is 1.52 bits per heavy atom. The van der Waals surface area contributed by atoms with E-state index < -0.39 is 22.6 Å². The van der Waals surface area contributed by atoms with Crippen LogP contribution in [0.15, 0.2) is 73.8 Å². The second-order valence-corrected chi connectivity index (χ2v) is 14.2. The van der Waals surface area contributed by atoms with E-state index in [1.807, 2.05) is 55.5 Å². The first kappa shape index (κ1) is 35.5. The van der Waals surface area contributed by atoms with E-state index in [-0.39, 0.29) is 29.6 Å². The minimum Gasteiger partial charge on any atom is -0.494 e. The van der Waals surface area contributed by atoms with Gasteiger partial charge in [-0.25, -0.2) is 0 Å². The van der Waals surface area contributed by atoms with Crippen molar-refractivity contribution >= 4 is 46.5 Å². The van der Waals surface area contributed by atoms with E-state index in [1.165, 1.54) is 0 Å². The quantitative estimate of drug-likeness (QED) is 0.174. The first-order valence-electron chi connectivity index (χ1n) is 17.3. The number of hydrogen-bond donors (Lipinski definition) is 1. The number of aliphatic hydroxyl groups excluding tert-OH is 1. The molecule has 0 aliphatic carbocycles. The van der Waals surface area contributed by atoms with Crippen LogP contribution in [0.2, 0.25) is 0 Å². The number of amides is 3. The molecule has 2 aromatic carbocycles. The first-order chi connectivity index (χ1) is 23.3. The Morgan fingerprint density at radius 3 is 2.08 bits per heavy atom. The van der Waals surface area contributed by atoms with Gasteiger partial charge in [-0.3, -0.25) is 14.4 Å². The van der Waals surface area contributed by atoms with Gasteiger partial charge < -0.3 is 29.4 Å². The number of hydrogen-bond acceptors (Lipinski definition) is 7. The van der Waals surface area contributed by atoms with Crippen molar-refractivity contribution in [1.29, 1.82) is 0 Å². The number of benzene rings is 2. The van der Waals surface area contributed by atoms with Gasteiger partial charge in [0, 0.05) is 61.6 Å². The summed E-state index contributed by atoms with van der Waals surface area (Å²) in [7, 11) is 0. The van der Waals surface area contributed by atoms with Gasteiger partial charge in [-0.05, 0) is 95.0 Å². The third kappa shape index (κ3) is 6.49. The summed E-state index contributed by atoms with van der Waals surface area (Å²) in [6.45, 7) is 17.3. The third-order valence-corrected chi connectivity index (χ3v) is 12.0. The molecule has 1 spiro atoms. The van der Waals surface area contributed by atoms with Gasteiger partial charge in [-0.1, -0.05) is 12.2 Å². The molecule has 5 rings (SSSR count). The van der Waals surface area contributed by atoms with E-state index in [9.17, 15) is 19.5 Å². The third-order valence-electron chi connectivity index (χ3n) is 10.0. The molecule has 0 saturated carbocycles. The summed E-state index contributed by atoms with van der Waals surface area (Å²) in [4.78, 5) is 51.5. The molecule has 1 N–H and O–H groups in total. The largest absolute Gasteiger partial charge is 0.494 e. The van der Waals surface area contributed by atoms with E-state index in [0.29, 0.717) is 51.2 Å². The summed E-state index contributed by atoms with van der Waals surface area (Å²) in [5, 5.41) is 9.50. The first-order valence-corrected chi connectivity index (χ1v) is 18.2. The normalized spacial score (nSPS) is 23.9. The zero-order chi connectivity index (χ0) is 34.4. The minimum absolute atomic E-state index is 0.00717. The maximum Gasteiger partial charge on any atom is 0.251 e. The Labute approximate surface area is 289 Å². The fourth-order valence-corrected chi connectivity index (χ4v) is 10.1. The van der Waals surface area contributed by atoms with Crippen LogP contribution in [0.3, 0.4) is 0 Å². The molecular weight excluding hydrogens is 625 g/mol. The zero-order valence-corrected chi connectivity index (χ0v) is 29.4. The van der Waals surface area contributed by atoms with Gasteiger partial charge in [0.15, 0.2) is 0 Å². The predicted octanol–water partition coefficient (Wildman–Crippen LogP) is 5.53. The Balaban J connectivity index is 1.50. The van der Waals surface area contributed by atoms with Crippen LogP contribution in [0.25, 0.3) is 0 Å². The molecule has 2 aromatic rings. The average Bonchev–Trinajstić information content (AvgIpc) is 3.74. The Kier molecular flexibility index (Phi) is 11.6. The molecule has 2 bridgehead atoms. The second-order valence-electron chi connectivity index (χ2n) is 12.6. The van der Waals surface area contributed by atoms with Crippen LogP contribution in [-0.4, -0.2) is 89.7 Å². The highest BCUT2D eigenvalue weighted by Crippen LogP contribution is 2.67. The van der Waals surface area contributed by atoms with Crippen LogP contribution in [0.1, 0.15) is 46.5 Å². The monoisotopic (exact) mass is 674 g/mol. The summed E-state index contributed by atoms with van der Waals surface area (Å²) in [6, 6.07) is 14.7. The van der Waals surface area contributed by atoms with Gasteiger partial charge in [0.05, 0.1) is 23.2 Å². The SMILES string of the molecule is C=CCN(C(=O)C1N(CCCCO)C(=O)[C@@H]2[C@H](C(=O)N(CC=C)c3ccc(OCC)cc3)[C@@H]3CCC12S3)c1ccc(N(CC)CC)cc1. The molecule has 3 aliphatic rings. The van der Waals surface area contributed by atoms with Crippen molar-refractivity contribution in [3.05, 3.63) is 73.8 Å². The molecular formula is C38H50N4O5S. The summed E-state index contributed by atoms with van der Waals surface area (Å²) in [6.07, 6.45) is 5.94. The van der Waals surface area contributed by atoms with Crippen molar-refractivity contribution in [1.82, 2.24) is 4.90 Å². The number of aliphatic hydroxyl groups is 1. The van der Waals surface area contributed by atoms with Gasteiger partial charge in [0.1, 0.15) is 11.8 Å². The number of fused-ring (bicyclic) bond motifs is 1. The highest BCUT2D eigenvalue weighted by Gasteiger charge is 2.74. The Bertz CT molecular complexity index is 1460. The summed E-state index contributed by atoms with van der Waals surface area (Å²) in [5.74, 6) is -0.875. The maximum absolute atomic E-state index is 14.9. The van der Waals surface area contributed by atoms with E-state index in [0.717, 1.165) is 36.6 Å². The maximum atomic E-state index is 14.9. The molecule has 0 aromatic heterocycles. The number of carbonyl (C=O) groups is 3. The smallest absolute Gasteiger partial charge is 0.251 e. The number of nitrogens with zero attached hydrogens (tertiary/aromatic N) is 4. The number of unbranched alkanes of at least 4 members (excludes halogenated alkanes) is 1. The molecule has 48 heavy (non-hydrogen) atoms. The van der Waals surface area contributed by atoms with Crippen molar-refractivity contribution in [3.63, 3.8) is 0 Å². The summed E-state index contributed by atoms with van der Waals surface area (Å²) >= 11 is 1.67. The van der Waals surface area contributed by atoms with Gasteiger partial charge in [-0.2, -0.15) is 0 Å². The lowest BCUT2D eigenvalue weighted by Gasteiger charge is -2.37. The number of anilines is 3.